The zero-order valence-electron chi connectivity index (χ0n) is 17.8. The number of hydrogen-bond acceptors (Lipinski definition) is 6. The Morgan fingerprint density at radius 2 is 0.611 bits per heavy atom. The number of carbonyl (C=O) groups is 6. The summed E-state index contributed by atoms with van der Waals surface area (Å²) in [5.74, 6) is -9.78. The van der Waals surface area contributed by atoms with Crippen molar-refractivity contribution in [1.29, 1.82) is 0 Å². The van der Waals surface area contributed by atoms with Gasteiger partial charge in [0.1, 0.15) is 0 Å². The van der Waals surface area contributed by atoms with Gasteiger partial charge in [-0.2, -0.15) is 0 Å². The molecule has 12 heteroatoms. The van der Waals surface area contributed by atoms with Gasteiger partial charge >= 0.3 is 35.8 Å². The fourth-order valence-corrected chi connectivity index (χ4v) is 3.77. The molecule has 12 nitrogen and oxygen atoms in total. The third-order valence-corrected chi connectivity index (χ3v) is 5.22. The lowest BCUT2D eigenvalue weighted by Gasteiger charge is -2.15. The molecule has 3 aromatic rings. The van der Waals surface area contributed by atoms with Crippen molar-refractivity contribution >= 4 is 35.8 Å². The van der Waals surface area contributed by atoms with Crippen LogP contribution in [0.5, 0.6) is 0 Å². The molecule has 0 amide bonds. The van der Waals surface area contributed by atoms with Gasteiger partial charge in [-0.25, -0.2) is 28.8 Å². The van der Waals surface area contributed by atoms with Crippen LogP contribution in [0.15, 0.2) is 48.5 Å². The quantitative estimate of drug-likeness (QED) is 0.265. The third-order valence-electron chi connectivity index (χ3n) is 5.22. The number of carboxylic acids is 6. The van der Waals surface area contributed by atoms with Crippen molar-refractivity contribution in [1.82, 2.24) is 0 Å². The van der Waals surface area contributed by atoms with Gasteiger partial charge in [0, 0.05) is 11.1 Å². The zero-order valence-corrected chi connectivity index (χ0v) is 17.8. The summed E-state index contributed by atoms with van der Waals surface area (Å²) in [6.45, 7) is 0. The number of hydrogen-bond donors (Lipinski definition) is 6. The highest BCUT2D eigenvalue weighted by molar-refractivity contribution is 6.13. The molecule has 0 radical (unpaired) electrons. The predicted molar refractivity (Wildman–Crippen MR) is 119 cm³/mol. The smallest absolute Gasteiger partial charge is 0.337 e. The number of benzene rings is 3. The molecule has 0 saturated heterocycles. The van der Waals surface area contributed by atoms with Crippen molar-refractivity contribution in [2.45, 2.75) is 0 Å². The maximum absolute atomic E-state index is 11.9. The van der Waals surface area contributed by atoms with E-state index in [1.54, 1.807) is 0 Å². The van der Waals surface area contributed by atoms with Gasteiger partial charge < -0.3 is 30.6 Å². The predicted octanol–water partition coefficient (Wildman–Crippen LogP) is 3.21. The average Bonchev–Trinajstić information content (AvgIpc) is 2.81. The van der Waals surface area contributed by atoms with E-state index in [0.717, 1.165) is 48.5 Å². The van der Waals surface area contributed by atoms with E-state index in [4.69, 9.17) is 0 Å². The normalized spacial score (nSPS) is 10.4. The second-order valence-electron chi connectivity index (χ2n) is 7.23. The molecule has 182 valence electrons. The molecular formula is C24H14O12. The van der Waals surface area contributed by atoms with Gasteiger partial charge in [0.2, 0.25) is 0 Å². The standard InChI is InChI=1S/C24H14O12/c25-19(26)11-5-7-13(21(29)30)17(23(33)34)15(11)9-1-2-10(4-3-9)16-12(20(27)28)6-8-14(22(31)32)18(16)24(35)36/h1-8H,(H,25,26)(H,27,28)(H,29,30)(H,31,32)(H,33,34)(H,35,36). The summed E-state index contributed by atoms with van der Waals surface area (Å²) in [4.78, 5) is 70.4. The maximum Gasteiger partial charge on any atom is 0.337 e. The Morgan fingerprint density at radius 1 is 0.361 bits per heavy atom. The maximum atomic E-state index is 11.9. The molecule has 36 heavy (non-hydrogen) atoms. The Balaban J connectivity index is 2.36. The lowest BCUT2D eigenvalue weighted by atomic mass is 9.87. The Kier molecular flexibility index (Phi) is 6.54. The van der Waals surface area contributed by atoms with Gasteiger partial charge in [0.25, 0.3) is 0 Å². The molecular weight excluding hydrogens is 480 g/mol. The van der Waals surface area contributed by atoms with Crippen LogP contribution in [-0.4, -0.2) is 66.5 Å². The molecule has 6 N–H and O–H groups in total. The number of carboxylic acid groups (broad SMARTS) is 6. The molecule has 0 fully saturated rings. The Morgan fingerprint density at radius 3 is 0.833 bits per heavy atom. The van der Waals surface area contributed by atoms with Crippen molar-refractivity contribution in [2.75, 3.05) is 0 Å². The van der Waals surface area contributed by atoms with Crippen LogP contribution in [0, 0.1) is 0 Å². The zero-order chi connectivity index (χ0) is 26.9. The van der Waals surface area contributed by atoms with Crippen molar-refractivity contribution in [3.05, 3.63) is 81.9 Å². The first kappa shape index (κ1) is 25.1. The van der Waals surface area contributed by atoms with Gasteiger partial charge in [0.05, 0.1) is 33.4 Å². The summed E-state index contributed by atoms with van der Waals surface area (Å²) in [5.41, 5.74) is -5.09. The van der Waals surface area contributed by atoms with Gasteiger partial charge in [-0.3, -0.25) is 0 Å². The minimum atomic E-state index is -1.72. The molecule has 3 aromatic carbocycles. The van der Waals surface area contributed by atoms with Crippen LogP contribution in [0.2, 0.25) is 0 Å². The Bertz CT molecular complexity index is 1370. The Hall–Kier alpha value is -5.52. The second-order valence-corrected chi connectivity index (χ2v) is 7.23. The molecule has 0 aliphatic carbocycles. The molecule has 0 saturated carbocycles. The fourth-order valence-electron chi connectivity index (χ4n) is 3.77. The molecule has 0 atom stereocenters. The van der Waals surface area contributed by atoms with Crippen molar-refractivity contribution < 1.29 is 59.4 Å². The number of aromatic carboxylic acids is 6. The highest BCUT2D eigenvalue weighted by Gasteiger charge is 2.28. The lowest BCUT2D eigenvalue weighted by Crippen LogP contribution is -2.14. The SMILES string of the molecule is O=C(O)c1ccc(C(=O)O)c(-c2ccc(-c3c(C(=O)O)ccc(C(=O)O)c3C(=O)O)cc2)c1C(=O)O. The molecule has 0 unspecified atom stereocenters. The molecule has 0 aliphatic heterocycles. The first-order valence-corrected chi connectivity index (χ1v) is 9.71. The lowest BCUT2D eigenvalue weighted by molar-refractivity contribution is 0.0649. The van der Waals surface area contributed by atoms with Crippen LogP contribution >= 0.6 is 0 Å². The average molecular weight is 494 g/mol. The van der Waals surface area contributed by atoms with Crippen LogP contribution in [0.1, 0.15) is 62.1 Å². The summed E-state index contributed by atoms with van der Waals surface area (Å²) in [7, 11) is 0. The molecule has 0 aromatic heterocycles. The summed E-state index contributed by atoms with van der Waals surface area (Å²) in [6, 6.07) is 8.07. The minimum Gasteiger partial charge on any atom is -0.478 e. The third kappa shape index (κ3) is 4.33. The topological polar surface area (TPSA) is 224 Å². The highest BCUT2D eigenvalue weighted by Crippen LogP contribution is 2.35. The first-order valence-electron chi connectivity index (χ1n) is 9.71. The molecule has 0 aliphatic rings. The number of rotatable bonds is 8. The van der Waals surface area contributed by atoms with E-state index < -0.39 is 80.3 Å². The Labute approximate surface area is 199 Å². The van der Waals surface area contributed by atoms with Crippen LogP contribution in [0.4, 0.5) is 0 Å². The van der Waals surface area contributed by atoms with E-state index in [1.807, 2.05) is 0 Å². The van der Waals surface area contributed by atoms with E-state index in [1.165, 1.54) is 0 Å². The summed E-state index contributed by atoms with van der Waals surface area (Å²) in [5, 5.41) is 57.1. The van der Waals surface area contributed by atoms with E-state index in [-0.39, 0.29) is 11.1 Å². The van der Waals surface area contributed by atoms with E-state index in [2.05, 4.69) is 0 Å². The van der Waals surface area contributed by atoms with Gasteiger partial charge in [-0.05, 0) is 35.4 Å². The van der Waals surface area contributed by atoms with Gasteiger partial charge in [-0.1, -0.05) is 24.3 Å². The van der Waals surface area contributed by atoms with Crippen molar-refractivity contribution in [3.8, 4) is 22.3 Å². The van der Waals surface area contributed by atoms with Gasteiger partial charge in [-0.15, -0.1) is 0 Å². The summed E-state index contributed by atoms with van der Waals surface area (Å²) in [6.07, 6.45) is 0. The fraction of sp³-hybridized carbons (Fsp3) is 0. The molecule has 0 heterocycles. The molecule has 0 bridgehead atoms. The molecule has 0 spiro atoms. The van der Waals surface area contributed by atoms with Crippen LogP contribution < -0.4 is 0 Å². The van der Waals surface area contributed by atoms with E-state index in [0.29, 0.717) is 0 Å². The highest BCUT2D eigenvalue weighted by atomic mass is 16.4. The van der Waals surface area contributed by atoms with E-state index in [9.17, 15) is 59.4 Å². The van der Waals surface area contributed by atoms with Crippen LogP contribution in [-0.2, 0) is 0 Å². The second kappa shape index (κ2) is 9.38. The van der Waals surface area contributed by atoms with Crippen LogP contribution in [0.3, 0.4) is 0 Å². The first-order chi connectivity index (χ1) is 16.9. The largest absolute Gasteiger partial charge is 0.478 e. The van der Waals surface area contributed by atoms with Crippen molar-refractivity contribution in [2.24, 2.45) is 0 Å². The summed E-state index contributed by atoms with van der Waals surface area (Å²) >= 11 is 0. The van der Waals surface area contributed by atoms with Crippen molar-refractivity contribution in [3.63, 3.8) is 0 Å². The monoisotopic (exact) mass is 494 g/mol. The summed E-state index contributed by atoms with van der Waals surface area (Å²) < 4.78 is 0. The minimum absolute atomic E-state index is 0.0835. The van der Waals surface area contributed by atoms with Gasteiger partial charge in [0.15, 0.2) is 0 Å². The van der Waals surface area contributed by atoms with E-state index >= 15 is 0 Å². The van der Waals surface area contributed by atoms with Crippen LogP contribution in [0.25, 0.3) is 22.3 Å². The molecule has 3 rings (SSSR count).